The Hall–Kier alpha value is -1.06. The van der Waals surface area contributed by atoms with E-state index in [4.69, 9.17) is 5.11 Å². The van der Waals surface area contributed by atoms with Crippen LogP contribution in [0.4, 0.5) is 0 Å². The van der Waals surface area contributed by atoms with Crippen LogP contribution in [0.3, 0.4) is 0 Å². The second-order valence-electron chi connectivity index (χ2n) is 7.46. The highest BCUT2D eigenvalue weighted by atomic mass is 16.4. The van der Waals surface area contributed by atoms with Crippen molar-refractivity contribution >= 4 is 11.9 Å². The van der Waals surface area contributed by atoms with Crippen molar-refractivity contribution in [3.63, 3.8) is 0 Å². The first-order chi connectivity index (χ1) is 9.71. The number of hydrogen-bond donors (Lipinski definition) is 1. The van der Waals surface area contributed by atoms with Gasteiger partial charge in [0.2, 0.25) is 5.91 Å². The zero-order valence-electron chi connectivity index (χ0n) is 14.0. The van der Waals surface area contributed by atoms with Crippen molar-refractivity contribution in [1.29, 1.82) is 0 Å². The summed E-state index contributed by atoms with van der Waals surface area (Å²) in [5.74, 6) is -0.588. The molecule has 0 saturated heterocycles. The van der Waals surface area contributed by atoms with Gasteiger partial charge in [-0.05, 0) is 33.1 Å². The van der Waals surface area contributed by atoms with Crippen LogP contribution in [-0.2, 0) is 9.59 Å². The fourth-order valence-corrected chi connectivity index (χ4v) is 3.04. The molecule has 0 spiro atoms. The van der Waals surface area contributed by atoms with Gasteiger partial charge < -0.3 is 10.0 Å². The Balaban J connectivity index is 2.56. The molecular weight excluding hydrogens is 266 g/mol. The van der Waals surface area contributed by atoms with Crippen molar-refractivity contribution in [2.75, 3.05) is 6.54 Å². The lowest BCUT2D eigenvalue weighted by molar-refractivity contribution is -0.145. The van der Waals surface area contributed by atoms with Gasteiger partial charge in [-0.3, -0.25) is 9.59 Å². The number of carboxylic acids is 1. The van der Waals surface area contributed by atoms with Crippen LogP contribution in [0.1, 0.15) is 72.6 Å². The lowest BCUT2D eigenvalue weighted by atomic mass is 9.86. The van der Waals surface area contributed by atoms with Gasteiger partial charge in [-0.1, -0.05) is 39.0 Å². The number of hydrogen-bond acceptors (Lipinski definition) is 2. The molecule has 0 heterocycles. The molecule has 0 aromatic heterocycles. The van der Waals surface area contributed by atoms with Crippen molar-refractivity contribution in [2.24, 2.45) is 11.8 Å². The third kappa shape index (κ3) is 6.06. The number of carboxylic acid groups (broad SMARTS) is 1. The van der Waals surface area contributed by atoms with Gasteiger partial charge in [0.25, 0.3) is 0 Å². The maximum atomic E-state index is 12.5. The minimum Gasteiger partial charge on any atom is -0.481 e. The normalized spacial score (nSPS) is 18.3. The van der Waals surface area contributed by atoms with Gasteiger partial charge in [0, 0.05) is 18.5 Å². The predicted octanol–water partition coefficient (Wildman–Crippen LogP) is 3.69. The molecule has 1 aliphatic rings. The number of carbonyl (C=O) groups excluding carboxylic acids is 1. The fraction of sp³-hybridized carbons (Fsp3) is 0.882. The Kier molecular flexibility index (Phi) is 6.69. The first-order valence-electron chi connectivity index (χ1n) is 8.25. The summed E-state index contributed by atoms with van der Waals surface area (Å²) in [6.07, 6.45) is 7.90. The van der Waals surface area contributed by atoms with Crippen LogP contribution in [0, 0.1) is 11.8 Å². The van der Waals surface area contributed by atoms with E-state index in [0.717, 1.165) is 6.42 Å². The SMILES string of the molecule is CC(CN(C(=O)CCC1CCCCC1)C(C)(C)C)C(=O)O. The summed E-state index contributed by atoms with van der Waals surface area (Å²) in [7, 11) is 0. The molecule has 0 radical (unpaired) electrons. The highest BCUT2D eigenvalue weighted by Crippen LogP contribution is 2.28. The molecule has 1 rings (SSSR count). The zero-order valence-corrected chi connectivity index (χ0v) is 14.0. The quantitative estimate of drug-likeness (QED) is 0.813. The molecule has 0 bridgehead atoms. The van der Waals surface area contributed by atoms with Gasteiger partial charge in [0.05, 0.1) is 5.92 Å². The van der Waals surface area contributed by atoms with E-state index in [-0.39, 0.29) is 11.4 Å². The Morgan fingerprint density at radius 1 is 1.19 bits per heavy atom. The van der Waals surface area contributed by atoms with Crippen molar-refractivity contribution in [3.05, 3.63) is 0 Å². The molecule has 4 nitrogen and oxygen atoms in total. The minimum absolute atomic E-state index is 0.0983. The minimum atomic E-state index is -0.843. The molecule has 122 valence electrons. The average Bonchev–Trinajstić information content (AvgIpc) is 2.41. The fourth-order valence-electron chi connectivity index (χ4n) is 3.04. The van der Waals surface area contributed by atoms with Crippen LogP contribution in [0.25, 0.3) is 0 Å². The van der Waals surface area contributed by atoms with Crippen LogP contribution >= 0.6 is 0 Å². The molecule has 1 atom stereocenters. The molecule has 4 heteroatoms. The van der Waals surface area contributed by atoms with Gasteiger partial charge in [-0.25, -0.2) is 0 Å². The van der Waals surface area contributed by atoms with Crippen LogP contribution < -0.4 is 0 Å². The smallest absolute Gasteiger partial charge is 0.308 e. The highest BCUT2D eigenvalue weighted by Gasteiger charge is 2.29. The van der Waals surface area contributed by atoms with Gasteiger partial charge >= 0.3 is 5.97 Å². The summed E-state index contributed by atoms with van der Waals surface area (Å²) in [5, 5.41) is 9.07. The van der Waals surface area contributed by atoms with E-state index < -0.39 is 11.9 Å². The first-order valence-corrected chi connectivity index (χ1v) is 8.25. The summed E-state index contributed by atoms with van der Waals surface area (Å²) in [6.45, 7) is 7.87. The number of amides is 1. The topological polar surface area (TPSA) is 57.6 Å². The van der Waals surface area contributed by atoms with Crippen LogP contribution in [0.15, 0.2) is 0 Å². The second kappa shape index (κ2) is 7.81. The van der Waals surface area contributed by atoms with E-state index >= 15 is 0 Å². The number of carbonyl (C=O) groups is 2. The molecule has 1 unspecified atom stereocenters. The Labute approximate surface area is 128 Å². The molecule has 1 N–H and O–H groups in total. The molecule has 0 aromatic rings. The van der Waals surface area contributed by atoms with E-state index in [1.165, 1.54) is 32.1 Å². The van der Waals surface area contributed by atoms with E-state index in [2.05, 4.69) is 0 Å². The van der Waals surface area contributed by atoms with E-state index in [0.29, 0.717) is 18.9 Å². The van der Waals surface area contributed by atoms with Crippen LogP contribution in [0.2, 0.25) is 0 Å². The summed E-state index contributed by atoms with van der Waals surface area (Å²) >= 11 is 0. The standard InChI is InChI=1S/C17H31NO3/c1-13(16(20)21)12-18(17(2,3)4)15(19)11-10-14-8-6-5-7-9-14/h13-14H,5-12H2,1-4H3,(H,20,21). The van der Waals surface area contributed by atoms with Gasteiger partial charge in [-0.15, -0.1) is 0 Å². The highest BCUT2D eigenvalue weighted by molar-refractivity contribution is 5.78. The van der Waals surface area contributed by atoms with Gasteiger partial charge in [0.15, 0.2) is 0 Å². The Morgan fingerprint density at radius 2 is 1.76 bits per heavy atom. The van der Waals surface area contributed by atoms with Crippen LogP contribution in [-0.4, -0.2) is 34.0 Å². The lowest BCUT2D eigenvalue weighted by Gasteiger charge is -2.37. The van der Waals surface area contributed by atoms with E-state index in [1.54, 1.807) is 11.8 Å². The Bertz CT molecular complexity index is 354. The third-order valence-electron chi connectivity index (χ3n) is 4.48. The molecular formula is C17H31NO3. The monoisotopic (exact) mass is 297 g/mol. The predicted molar refractivity (Wildman–Crippen MR) is 84.1 cm³/mol. The van der Waals surface area contributed by atoms with Crippen molar-refractivity contribution in [1.82, 2.24) is 4.90 Å². The lowest BCUT2D eigenvalue weighted by Crippen LogP contribution is -2.48. The molecule has 0 aromatic carbocycles. The van der Waals surface area contributed by atoms with E-state index in [1.807, 2.05) is 20.8 Å². The van der Waals surface area contributed by atoms with Crippen molar-refractivity contribution < 1.29 is 14.7 Å². The average molecular weight is 297 g/mol. The summed E-state index contributed by atoms with van der Waals surface area (Å²) in [5.41, 5.74) is -0.326. The summed E-state index contributed by atoms with van der Waals surface area (Å²) in [6, 6.07) is 0. The van der Waals surface area contributed by atoms with Gasteiger partial charge in [0.1, 0.15) is 0 Å². The third-order valence-corrected chi connectivity index (χ3v) is 4.48. The molecule has 1 saturated carbocycles. The van der Waals surface area contributed by atoms with Crippen molar-refractivity contribution in [3.8, 4) is 0 Å². The number of rotatable bonds is 6. The number of nitrogens with zero attached hydrogens (tertiary/aromatic N) is 1. The molecule has 21 heavy (non-hydrogen) atoms. The summed E-state index contributed by atoms with van der Waals surface area (Å²) < 4.78 is 0. The number of aliphatic carboxylic acids is 1. The largest absolute Gasteiger partial charge is 0.481 e. The maximum Gasteiger partial charge on any atom is 0.308 e. The second-order valence-corrected chi connectivity index (χ2v) is 7.46. The van der Waals surface area contributed by atoms with Crippen molar-refractivity contribution in [2.45, 2.75) is 78.2 Å². The molecule has 0 aliphatic heterocycles. The van der Waals surface area contributed by atoms with E-state index in [9.17, 15) is 9.59 Å². The van der Waals surface area contributed by atoms with Crippen LogP contribution in [0.5, 0.6) is 0 Å². The van der Waals surface area contributed by atoms with Gasteiger partial charge in [-0.2, -0.15) is 0 Å². The first kappa shape index (κ1) is 18.0. The Morgan fingerprint density at radius 3 is 2.24 bits per heavy atom. The molecule has 1 amide bonds. The molecule has 1 aliphatic carbocycles. The molecule has 1 fully saturated rings. The summed E-state index contributed by atoms with van der Waals surface area (Å²) in [4.78, 5) is 25.3. The maximum absolute atomic E-state index is 12.5. The zero-order chi connectivity index (χ0) is 16.0.